The number of terminal acetylenes is 1. The number of hydrazone groups is 1. The number of hydrogen-bond donors (Lipinski definition) is 1. The summed E-state index contributed by atoms with van der Waals surface area (Å²) in [6.45, 7) is 3.23. The number of anilines is 1. The third-order valence-electron chi connectivity index (χ3n) is 3.79. The molecule has 27 heavy (non-hydrogen) atoms. The smallest absolute Gasteiger partial charge is 0.246 e. The minimum absolute atomic E-state index is 0.173. The summed E-state index contributed by atoms with van der Waals surface area (Å²) < 4.78 is 10.8. The largest absolute Gasteiger partial charge is 0.480 e. The molecule has 2 heterocycles. The maximum Gasteiger partial charge on any atom is 0.246 e. The zero-order valence-electron chi connectivity index (χ0n) is 14.8. The van der Waals surface area contributed by atoms with Crippen molar-refractivity contribution in [2.24, 2.45) is 5.10 Å². The van der Waals surface area contributed by atoms with E-state index in [1.54, 1.807) is 6.07 Å². The molecule has 1 saturated heterocycles. The highest BCUT2D eigenvalue weighted by Gasteiger charge is 2.15. The third-order valence-corrected chi connectivity index (χ3v) is 4.74. The van der Waals surface area contributed by atoms with Gasteiger partial charge in [-0.3, -0.25) is 4.79 Å². The number of benzene rings is 1. The molecule has 0 radical (unpaired) electrons. The van der Waals surface area contributed by atoms with Gasteiger partial charge in [0.1, 0.15) is 12.4 Å². The van der Waals surface area contributed by atoms with Gasteiger partial charge in [0.05, 0.1) is 31.5 Å². The van der Waals surface area contributed by atoms with Gasteiger partial charge in [-0.05, 0) is 12.1 Å². The first-order chi connectivity index (χ1) is 13.3. The molecule has 1 aromatic heterocycles. The minimum atomic E-state index is -0.230. The van der Waals surface area contributed by atoms with Crippen molar-refractivity contribution in [3.8, 4) is 18.1 Å². The molecule has 0 atom stereocenters. The Morgan fingerprint density at radius 2 is 2.26 bits per heavy atom. The molecule has 1 aliphatic heterocycles. The Morgan fingerprint density at radius 1 is 1.44 bits per heavy atom. The second-order valence-corrected chi connectivity index (χ2v) is 6.56. The van der Waals surface area contributed by atoms with Crippen molar-refractivity contribution >= 4 is 28.6 Å². The number of thiazole rings is 1. The van der Waals surface area contributed by atoms with Crippen molar-refractivity contribution < 1.29 is 14.3 Å². The molecule has 2 aromatic rings. The van der Waals surface area contributed by atoms with Gasteiger partial charge in [0, 0.05) is 24.0 Å². The second-order valence-electron chi connectivity index (χ2n) is 5.72. The van der Waals surface area contributed by atoms with Gasteiger partial charge in [-0.2, -0.15) is 5.10 Å². The number of para-hydroxylation sites is 1. The number of morpholine rings is 1. The van der Waals surface area contributed by atoms with Crippen LogP contribution in [0.1, 0.15) is 11.3 Å². The molecule has 8 heteroatoms. The molecule has 7 nitrogen and oxygen atoms in total. The lowest BCUT2D eigenvalue weighted by Crippen LogP contribution is -2.36. The number of ether oxygens (including phenoxy) is 2. The molecule has 1 aliphatic rings. The molecular weight excluding hydrogens is 364 g/mol. The van der Waals surface area contributed by atoms with Crippen LogP contribution in [0.3, 0.4) is 0 Å². The molecule has 0 aliphatic carbocycles. The van der Waals surface area contributed by atoms with E-state index in [0.29, 0.717) is 19.0 Å². The maximum atomic E-state index is 12.1. The number of nitrogens with zero attached hydrogens (tertiary/aromatic N) is 3. The number of carbonyl (C=O) groups is 1. The van der Waals surface area contributed by atoms with Crippen molar-refractivity contribution in [1.82, 2.24) is 10.4 Å². The van der Waals surface area contributed by atoms with Crippen molar-refractivity contribution in [3.05, 3.63) is 40.9 Å². The molecule has 0 saturated carbocycles. The van der Waals surface area contributed by atoms with Crippen LogP contribution in [-0.4, -0.2) is 50.0 Å². The van der Waals surface area contributed by atoms with Crippen LogP contribution in [0.25, 0.3) is 0 Å². The monoisotopic (exact) mass is 384 g/mol. The Morgan fingerprint density at radius 3 is 3.07 bits per heavy atom. The Labute approximate surface area is 162 Å². The van der Waals surface area contributed by atoms with E-state index in [1.807, 2.05) is 23.6 Å². The number of nitrogens with one attached hydrogen (secondary N) is 1. The van der Waals surface area contributed by atoms with E-state index in [1.165, 1.54) is 17.6 Å². The first-order valence-electron chi connectivity index (χ1n) is 8.50. The van der Waals surface area contributed by atoms with Crippen LogP contribution in [-0.2, 0) is 16.0 Å². The van der Waals surface area contributed by atoms with Gasteiger partial charge in [-0.15, -0.1) is 17.8 Å². The topological polar surface area (TPSA) is 76.0 Å². The molecule has 140 valence electrons. The van der Waals surface area contributed by atoms with E-state index in [0.717, 1.165) is 29.5 Å². The summed E-state index contributed by atoms with van der Waals surface area (Å²) in [4.78, 5) is 18.8. The van der Waals surface area contributed by atoms with Crippen LogP contribution in [0.4, 0.5) is 5.13 Å². The second kappa shape index (κ2) is 9.71. The lowest BCUT2D eigenvalue weighted by Gasteiger charge is -2.26. The molecule has 1 amide bonds. The van der Waals surface area contributed by atoms with E-state index in [4.69, 9.17) is 15.9 Å². The Kier molecular flexibility index (Phi) is 6.79. The first kappa shape index (κ1) is 18.9. The summed E-state index contributed by atoms with van der Waals surface area (Å²) in [5.74, 6) is 2.80. The molecule has 0 bridgehead atoms. The highest BCUT2D eigenvalue weighted by atomic mass is 32.1. The van der Waals surface area contributed by atoms with E-state index >= 15 is 0 Å². The van der Waals surface area contributed by atoms with Gasteiger partial charge in [0.15, 0.2) is 5.13 Å². The highest BCUT2D eigenvalue weighted by Crippen LogP contribution is 2.21. The summed E-state index contributed by atoms with van der Waals surface area (Å²) in [6.07, 6.45) is 6.91. The van der Waals surface area contributed by atoms with E-state index in [2.05, 4.69) is 26.3 Å². The van der Waals surface area contributed by atoms with Crippen LogP contribution in [0.2, 0.25) is 0 Å². The predicted molar refractivity (Wildman–Crippen MR) is 105 cm³/mol. The number of rotatable bonds is 7. The van der Waals surface area contributed by atoms with Crippen LogP contribution >= 0.6 is 11.3 Å². The molecule has 1 N–H and O–H groups in total. The van der Waals surface area contributed by atoms with Gasteiger partial charge < -0.3 is 14.4 Å². The summed E-state index contributed by atoms with van der Waals surface area (Å²) >= 11 is 1.54. The summed E-state index contributed by atoms with van der Waals surface area (Å²) in [7, 11) is 0. The number of hydrogen-bond acceptors (Lipinski definition) is 7. The number of carbonyl (C=O) groups excluding carboxylic acids is 1. The maximum absolute atomic E-state index is 12.1. The molecule has 0 unspecified atom stereocenters. The fraction of sp³-hybridized carbons (Fsp3) is 0.316. The standard InChI is InChI=1S/C19H20N4O3S/c1-2-9-26-17-6-4-3-5-15(17)13-20-22-18(24)12-16-14-27-19(21-16)23-7-10-25-11-8-23/h1,3-6,13-14H,7-12H2,(H,22,24)/b20-13-. The van der Waals surface area contributed by atoms with Crippen LogP contribution < -0.4 is 15.1 Å². The van der Waals surface area contributed by atoms with Crippen molar-refractivity contribution in [2.45, 2.75) is 6.42 Å². The number of amides is 1. The fourth-order valence-electron chi connectivity index (χ4n) is 2.49. The highest BCUT2D eigenvalue weighted by molar-refractivity contribution is 7.13. The van der Waals surface area contributed by atoms with Crippen molar-refractivity contribution in [2.75, 3.05) is 37.8 Å². The molecule has 1 aromatic carbocycles. The normalized spacial score (nSPS) is 14.1. The lowest BCUT2D eigenvalue weighted by atomic mass is 10.2. The average molecular weight is 384 g/mol. The molecule has 1 fully saturated rings. The molecule has 3 rings (SSSR count). The quantitative estimate of drug-likeness (QED) is 0.447. The van der Waals surface area contributed by atoms with Crippen LogP contribution in [0.15, 0.2) is 34.7 Å². The Balaban J connectivity index is 1.52. The SMILES string of the molecule is C#CCOc1ccccc1/C=N\NC(=O)Cc1csc(N2CCOCC2)n1. The Hall–Kier alpha value is -2.89. The van der Waals surface area contributed by atoms with E-state index < -0.39 is 0 Å². The summed E-state index contributed by atoms with van der Waals surface area (Å²) in [6, 6.07) is 7.32. The summed E-state index contributed by atoms with van der Waals surface area (Å²) in [5, 5.41) is 6.82. The number of aromatic nitrogens is 1. The minimum Gasteiger partial charge on any atom is -0.480 e. The van der Waals surface area contributed by atoms with Crippen LogP contribution in [0.5, 0.6) is 5.75 Å². The van der Waals surface area contributed by atoms with Crippen LogP contribution in [0, 0.1) is 12.3 Å². The first-order valence-corrected chi connectivity index (χ1v) is 9.38. The zero-order chi connectivity index (χ0) is 18.9. The molecule has 0 spiro atoms. The van der Waals surface area contributed by atoms with E-state index in [-0.39, 0.29) is 18.9 Å². The predicted octanol–water partition coefficient (Wildman–Crippen LogP) is 1.68. The Bertz CT molecular complexity index is 837. The van der Waals surface area contributed by atoms with Gasteiger partial charge in [0.2, 0.25) is 5.91 Å². The summed E-state index contributed by atoms with van der Waals surface area (Å²) in [5.41, 5.74) is 3.98. The van der Waals surface area contributed by atoms with Gasteiger partial charge in [-0.25, -0.2) is 10.4 Å². The van der Waals surface area contributed by atoms with Crippen molar-refractivity contribution in [1.29, 1.82) is 0 Å². The fourth-order valence-corrected chi connectivity index (χ4v) is 3.37. The van der Waals surface area contributed by atoms with E-state index in [9.17, 15) is 4.79 Å². The van der Waals surface area contributed by atoms with Gasteiger partial charge in [-0.1, -0.05) is 18.1 Å². The zero-order valence-corrected chi connectivity index (χ0v) is 15.6. The average Bonchev–Trinajstić information content (AvgIpc) is 3.16. The molecular formula is C19H20N4O3S. The van der Waals surface area contributed by atoms with Crippen molar-refractivity contribution in [3.63, 3.8) is 0 Å². The van der Waals surface area contributed by atoms with Gasteiger partial charge >= 0.3 is 0 Å². The lowest BCUT2D eigenvalue weighted by molar-refractivity contribution is -0.120. The van der Waals surface area contributed by atoms with Gasteiger partial charge in [0.25, 0.3) is 0 Å². The third kappa shape index (κ3) is 5.54.